The summed E-state index contributed by atoms with van der Waals surface area (Å²) in [4.78, 5) is 0. The Balaban J connectivity index is 3.80. The highest BCUT2D eigenvalue weighted by molar-refractivity contribution is 7.86. The highest BCUT2D eigenvalue weighted by atomic mass is 32.2. The molecule has 0 spiro atoms. The van der Waals surface area contributed by atoms with E-state index in [4.69, 9.17) is 5.14 Å². The van der Waals surface area contributed by atoms with Crippen LogP contribution in [0.1, 0.15) is 0 Å². The molecule has 0 atom stereocenters. The SMILES string of the molecule is CNN(C)CCN(C)S(N)(=O)=O. The van der Waals surface area contributed by atoms with Crippen LogP contribution in [0.2, 0.25) is 0 Å². The molecule has 0 rings (SSSR count). The van der Waals surface area contributed by atoms with Crippen molar-refractivity contribution in [3.63, 3.8) is 0 Å². The lowest BCUT2D eigenvalue weighted by Gasteiger charge is -2.18. The monoisotopic (exact) mass is 196 g/mol. The van der Waals surface area contributed by atoms with Crippen LogP contribution in [0.15, 0.2) is 0 Å². The second-order valence-corrected chi connectivity index (χ2v) is 4.16. The van der Waals surface area contributed by atoms with Crippen molar-refractivity contribution >= 4 is 10.2 Å². The van der Waals surface area contributed by atoms with Crippen LogP contribution in [0, 0.1) is 0 Å². The van der Waals surface area contributed by atoms with E-state index in [1.54, 1.807) is 12.1 Å². The topological polar surface area (TPSA) is 78.7 Å². The van der Waals surface area contributed by atoms with Gasteiger partial charge in [-0.3, -0.25) is 5.43 Å². The first kappa shape index (κ1) is 11.8. The highest BCUT2D eigenvalue weighted by Gasteiger charge is 2.10. The summed E-state index contributed by atoms with van der Waals surface area (Å²) in [6.45, 7) is 0.958. The zero-order valence-corrected chi connectivity index (χ0v) is 8.43. The van der Waals surface area contributed by atoms with E-state index in [2.05, 4.69) is 5.43 Å². The summed E-state index contributed by atoms with van der Waals surface area (Å²) in [5.41, 5.74) is 2.84. The van der Waals surface area contributed by atoms with Gasteiger partial charge < -0.3 is 0 Å². The van der Waals surface area contributed by atoms with E-state index in [1.165, 1.54) is 7.05 Å². The van der Waals surface area contributed by atoms with Crippen LogP contribution < -0.4 is 10.6 Å². The van der Waals surface area contributed by atoms with Crippen molar-refractivity contribution in [2.45, 2.75) is 0 Å². The van der Waals surface area contributed by atoms with Gasteiger partial charge in [-0.05, 0) is 7.05 Å². The average molecular weight is 196 g/mol. The molecule has 0 radical (unpaired) electrons. The van der Waals surface area contributed by atoms with E-state index in [0.29, 0.717) is 13.1 Å². The zero-order chi connectivity index (χ0) is 9.78. The van der Waals surface area contributed by atoms with Gasteiger partial charge >= 0.3 is 0 Å². The van der Waals surface area contributed by atoms with Crippen molar-refractivity contribution in [2.24, 2.45) is 5.14 Å². The molecule has 3 N–H and O–H groups in total. The maximum atomic E-state index is 10.7. The van der Waals surface area contributed by atoms with E-state index in [9.17, 15) is 8.42 Å². The Bertz CT molecular complexity index is 215. The maximum Gasteiger partial charge on any atom is 0.276 e. The first-order valence-electron chi connectivity index (χ1n) is 3.50. The number of likely N-dealkylation sites (N-methyl/N-ethyl adjacent to an activating group) is 2. The fraction of sp³-hybridized carbons (Fsp3) is 1.00. The Kier molecular flexibility index (Phi) is 4.64. The number of hydrazine groups is 1. The second-order valence-electron chi connectivity index (χ2n) is 2.51. The van der Waals surface area contributed by atoms with E-state index >= 15 is 0 Å². The summed E-state index contributed by atoms with van der Waals surface area (Å²) in [6.07, 6.45) is 0. The molecule has 0 saturated heterocycles. The summed E-state index contributed by atoms with van der Waals surface area (Å²) in [5.74, 6) is 0. The molecular weight excluding hydrogens is 180 g/mol. The molecule has 0 fully saturated rings. The third-order valence-corrected chi connectivity index (χ3v) is 2.62. The standard InChI is InChI=1S/C5H16N4O2S/c1-7-8(2)4-5-9(3)12(6,10)11/h7H,4-5H2,1-3H3,(H2,6,10,11). The summed E-state index contributed by atoms with van der Waals surface area (Å²) < 4.78 is 22.5. The van der Waals surface area contributed by atoms with Crippen LogP contribution >= 0.6 is 0 Å². The van der Waals surface area contributed by atoms with Gasteiger partial charge in [0.15, 0.2) is 0 Å². The molecule has 0 heterocycles. The van der Waals surface area contributed by atoms with Gasteiger partial charge in [-0.2, -0.15) is 12.7 Å². The first-order valence-corrected chi connectivity index (χ1v) is 5.01. The van der Waals surface area contributed by atoms with Gasteiger partial charge in [0.2, 0.25) is 0 Å². The minimum absolute atomic E-state index is 0.371. The van der Waals surface area contributed by atoms with Crippen molar-refractivity contribution in [3.05, 3.63) is 0 Å². The molecule has 0 aliphatic rings. The molecule has 12 heavy (non-hydrogen) atoms. The van der Waals surface area contributed by atoms with Crippen LogP contribution in [0.5, 0.6) is 0 Å². The van der Waals surface area contributed by atoms with E-state index in [-0.39, 0.29) is 0 Å². The van der Waals surface area contributed by atoms with Crippen molar-refractivity contribution in [1.29, 1.82) is 0 Å². The summed E-state index contributed by atoms with van der Waals surface area (Å²) in [7, 11) is 1.49. The Morgan fingerprint density at radius 2 is 1.83 bits per heavy atom. The molecule has 0 saturated carbocycles. The Labute approximate surface area is 73.5 Å². The molecule has 0 aromatic carbocycles. The van der Waals surface area contributed by atoms with Gasteiger partial charge in [0.25, 0.3) is 10.2 Å². The number of nitrogens with zero attached hydrogens (tertiary/aromatic N) is 2. The Morgan fingerprint density at radius 3 is 2.17 bits per heavy atom. The normalized spacial score (nSPS) is 12.8. The molecular formula is C5H16N4O2S. The molecule has 0 unspecified atom stereocenters. The number of nitrogens with two attached hydrogens (primary N) is 1. The number of nitrogens with one attached hydrogen (secondary N) is 1. The number of hydrogen-bond donors (Lipinski definition) is 2. The van der Waals surface area contributed by atoms with Crippen LogP contribution in [0.4, 0.5) is 0 Å². The van der Waals surface area contributed by atoms with Crippen molar-refractivity contribution in [1.82, 2.24) is 14.7 Å². The summed E-state index contributed by atoms with van der Waals surface area (Å²) >= 11 is 0. The lowest BCUT2D eigenvalue weighted by Crippen LogP contribution is -2.41. The molecule has 6 nitrogen and oxygen atoms in total. The lowest BCUT2D eigenvalue weighted by molar-refractivity contribution is 0.245. The predicted octanol–water partition coefficient (Wildman–Crippen LogP) is -1.81. The fourth-order valence-corrected chi connectivity index (χ4v) is 0.866. The highest BCUT2D eigenvalue weighted by Crippen LogP contribution is 1.88. The van der Waals surface area contributed by atoms with Crippen LogP contribution in [-0.4, -0.2) is 52.0 Å². The quantitative estimate of drug-likeness (QED) is 0.508. The van der Waals surface area contributed by atoms with Crippen LogP contribution in [0.3, 0.4) is 0 Å². The fourth-order valence-electron chi connectivity index (χ4n) is 0.530. The summed E-state index contributed by atoms with van der Waals surface area (Å²) in [5, 5.41) is 6.63. The zero-order valence-electron chi connectivity index (χ0n) is 7.61. The van der Waals surface area contributed by atoms with Crippen molar-refractivity contribution < 1.29 is 8.42 Å². The lowest BCUT2D eigenvalue weighted by atomic mass is 10.6. The minimum Gasteiger partial charge on any atom is -0.259 e. The summed E-state index contributed by atoms with van der Waals surface area (Å²) in [6, 6.07) is 0. The molecule has 0 aromatic rings. The molecule has 0 aliphatic carbocycles. The van der Waals surface area contributed by atoms with E-state index in [0.717, 1.165) is 4.31 Å². The second kappa shape index (κ2) is 4.73. The van der Waals surface area contributed by atoms with Crippen molar-refractivity contribution in [3.8, 4) is 0 Å². The Morgan fingerprint density at radius 1 is 1.33 bits per heavy atom. The van der Waals surface area contributed by atoms with Gasteiger partial charge in [-0.15, -0.1) is 0 Å². The van der Waals surface area contributed by atoms with Crippen LogP contribution in [-0.2, 0) is 10.2 Å². The molecule has 74 valence electrons. The van der Waals surface area contributed by atoms with Gasteiger partial charge in [0, 0.05) is 27.2 Å². The molecule has 0 bridgehead atoms. The van der Waals surface area contributed by atoms with E-state index in [1.807, 2.05) is 7.05 Å². The van der Waals surface area contributed by atoms with Gasteiger partial charge in [0.1, 0.15) is 0 Å². The minimum atomic E-state index is -3.53. The molecule has 7 heteroatoms. The Hall–Kier alpha value is -0.210. The molecule has 0 amide bonds. The van der Waals surface area contributed by atoms with Gasteiger partial charge in [0.05, 0.1) is 0 Å². The van der Waals surface area contributed by atoms with Gasteiger partial charge in [-0.25, -0.2) is 10.1 Å². The van der Waals surface area contributed by atoms with E-state index < -0.39 is 10.2 Å². The smallest absolute Gasteiger partial charge is 0.259 e. The number of rotatable bonds is 5. The largest absolute Gasteiger partial charge is 0.276 e. The maximum absolute atomic E-state index is 10.7. The van der Waals surface area contributed by atoms with Crippen LogP contribution in [0.25, 0.3) is 0 Å². The number of hydrogen-bond acceptors (Lipinski definition) is 4. The third-order valence-electron chi connectivity index (χ3n) is 1.57. The molecule has 0 aliphatic heterocycles. The predicted molar refractivity (Wildman–Crippen MR) is 47.4 cm³/mol. The van der Waals surface area contributed by atoms with Crippen molar-refractivity contribution in [2.75, 3.05) is 34.2 Å². The first-order chi connectivity index (χ1) is 5.38. The average Bonchev–Trinajstić information content (AvgIpc) is 1.97. The van der Waals surface area contributed by atoms with Gasteiger partial charge in [-0.1, -0.05) is 0 Å². The third kappa shape index (κ3) is 4.62. The molecule has 0 aromatic heterocycles.